The molecule has 4 heteroatoms. The molecule has 0 aliphatic heterocycles. The molecule has 0 saturated carbocycles. The summed E-state index contributed by atoms with van der Waals surface area (Å²) in [4.78, 5) is 12.0. The number of nitrogens with two attached hydrogens (primary N) is 1. The van der Waals surface area contributed by atoms with Crippen molar-refractivity contribution in [2.75, 3.05) is 0 Å². The van der Waals surface area contributed by atoms with Crippen molar-refractivity contribution in [3.8, 4) is 0 Å². The smallest absolute Gasteiger partial charge is 0.165 e. The van der Waals surface area contributed by atoms with E-state index in [-0.39, 0.29) is 23.3 Å². The zero-order valence-electron chi connectivity index (χ0n) is 10.7. The zero-order valence-corrected chi connectivity index (χ0v) is 10.7. The van der Waals surface area contributed by atoms with Gasteiger partial charge in [-0.3, -0.25) is 4.79 Å². The maximum absolute atomic E-state index is 13.0. The van der Waals surface area contributed by atoms with Gasteiger partial charge in [0.25, 0.3) is 0 Å². The van der Waals surface area contributed by atoms with E-state index in [2.05, 4.69) is 0 Å². The molecule has 100 valence electrons. The minimum absolute atomic E-state index is 0.0980. The zero-order chi connectivity index (χ0) is 13.7. The number of benzene rings is 1. The summed E-state index contributed by atoms with van der Waals surface area (Å²) >= 11 is 0. The van der Waals surface area contributed by atoms with Gasteiger partial charge < -0.3 is 5.73 Å². The predicted molar refractivity (Wildman–Crippen MR) is 67.4 cm³/mol. The van der Waals surface area contributed by atoms with Crippen LogP contribution < -0.4 is 5.73 Å². The summed E-state index contributed by atoms with van der Waals surface area (Å²) in [6.07, 6.45) is 2.36. The lowest BCUT2D eigenvalue weighted by molar-refractivity contribution is 0.0921. The summed E-state index contributed by atoms with van der Waals surface area (Å²) in [6.45, 7) is 3.68. The predicted octanol–water partition coefficient (Wildman–Crippen LogP) is 3.30. The number of carbonyl (C=O) groups is 1. The van der Waals surface area contributed by atoms with Crippen LogP contribution in [0, 0.1) is 17.6 Å². The third kappa shape index (κ3) is 4.53. The quantitative estimate of drug-likeness (QED) is 0.792. The van der Waals surface area contributed by atoms with Gasteiger partial charge in [0, 0.05) is 23.6 Å². The summed E-state index contributed by atoms with van der Waals surface area (Å²) in [5.41, 5.74) is 5.72. The summed E-state index contributed by atoms with van der Waals surface area (Å²) < 4.78 is 26.0. The van der Waals surface area contributed by atoms with Crippen LogP contribution in [0.15, 0.2) is 18.2 Å². The van der Waals surface area contributed by atoms with Crippen LogP contribution in [0.4, 0.5) is 8.78 Å². The van der Waals surface area contributed by atoms with E-state index in [1.54, 1.807) is 6.92 Å². The highest BCUT2D eigenvalue weighted by Crippen LogP contribution is 2.17. The molecule has 0 spiro atoms. The van der Waals surface area contributed by atoms with Gasteiger partial charge in [-0.2, -0.15) is 0 Å². The van der Waals surface area contributed by atoms with E-state index in [9.17, 15) is 13.6 Å². The molecule has 0 aliphatic rings. The molecule has 0 heterocycles. The first-order valence-corrected chi connectivity index (χ1v) is 6.16. The topological polar surface area (TPSA) is 43.1 Å². The average molecular weight is 255 g/mol. The van der Waals surface area contributed by atoms with Crippen LogP contribution >= 0.6 is 0 Å². The molecular formula is C14H19F2NO. The third-order valence-corrected chi connectivity index (χ3v) is 2.89. The van der Waals surface area contributed by atoms with Crippen molar-refractivity contribution in [3.63, 3.8) is 0 Å². The number of hydrogen-bond donors (Lipinski definition) is 1. The normalized spacial score (nSPS) is 14.3. The largest absolute Gasteiger partial charge is 0.328 e. The van der Waals surface area contributed by atoms with Crippen LogP contribution in [0.3, 0.4) is 0 Å². The summed E-state index contributed by atoms with van der Waals surface area (Å²) in [5.74, 6) is -1.91. The molecule has 18 heavy (non-hydrogen) atoms. The second-order valence-corrected chi connectivity index (χ2v) is 4.83. The second-order valence-electron chi connectivity index (χ2n) is 4.83. The fourth-order valence-corrected chi connectivity index (χ4v) is 1.86. The van der Waals surface area contributed by atoms with Crippen molar-refractivity contribution in [2.45, 2.75) is 39.2 Å². The van der Waals surface area contributed by atoms with Crippen LogP contribution in [0.2, 0.25) is 0 Å². The Hall–Kier alpha value is -1.29. The molecule has 2 unspecified atom stereocenters. The molecule has 1 aromatic rings. The van der Waals surface area contributed by atoms with Crippen molar-refractivity contribution in [1.29, 1.82) is 0 Å². The molecule has 0 aromatic heterocycles. The van der Waals surface area contributed by atoms with Gasteiger partial charge in [0.2, 0.25) is 0 Å². The highest BCUT2D eigenvalue weighted by molar-refractivity contribution is 5.97. The van der Waals surface area contributed by atoms with E-state index in [4.69, 9.17) is 5.73 Å². The first-order valence-electron chi connectivity index (χ1n) is 6.16. The molecule has 2 nitrogen and oxygen atoms in total. The van der Waals surface area contributed by atoms with Gasteiger partial charge in [0.1, 0.15) is 11.6 Å². The Balaban J connectivity index is 2.62. The maximum atomic E-state index is 13.0. The van der Waals surface area contributed by atoms with E-state index < -0.39 is 11.6 Å². The number of Topliss-reactive ketones (excluding diaryl/α,β-unsaturated/α-hetero) is 1. The molecule has 2 atom stereocenters. The molecule has 0 fully saturated rings. The average Bonchev–Trinajstić information content (AvgIpc) is 2.26. The first-order chi connectivity index (χ1) is 8.40. The number of rotatable bonds is 6. The molecule has 0 radical (unpaired) electrons. The van der Waals surface area contributed by atoms with Crippen molar-refractivity contribution >= 4 is 5.78 Å². The molecule has 1 rings (SSSR count). The minimum Gasteiger partial charge on any atom is -0.328 e. The SMILES string of the molecule is CC(N)CCCC(C)C(=O)c1cc(F)cc(F)c1. The molecule has 0 saturated heterocycles. The third-order valence-electron chi connectivity index (χ3n) is 2.89. The van der Waals surface area contributed by atoms with Gasteiger partial charge in [-0.15, -0.1) is 0 Å². The van der Waals surface area contributed by atoms with Gasteiger partial charge in [-0.25, -0.2) is 8.78 Å². The Morgan fingerprint density at radius 1 is 1.17 bits per heavy atom. The minimum atomic E-state index is -0.721. The number of carbonyl (C=O) groups excluding carboxylic acids is 1. The summed E-state index contributed by atoms with van der Waals surface area (Å²) in [6, 6.07) is 3.03. The van der Waals surface area contributed by atoms with E-state index in [0.717, 1.165) is 31.0 Å². The monoisotopic (exact) mass is 255 g/mol. The van der Waals surface area contributed by atoms with E-state index >= 15 is 0 Å². The Morgan fingerprint density at radius 3 is 2.22 bits per heavy atom. The standard InChI is InChI=1S/C14H19F2NO/c1-9(4-3-5-10(2)17)14(18)11-6-12(15)8-13(16)7-11/h6-10H,3-5,17H2,1-2H3. The Bertz CT molecular complexity index is 398. The lowest BCUT2D eigenvalue weighted by atomic mass is 9.93. The fourth-order valence-electron chi connectivity index (χ4n) is 1.86. The fraction of sp³-hybridized carbons (Fsp3) is 0.500. The number of ketones is 1. The van der Waals surface area contributed by atoms with Crippen molar-refractivity contribution in [3.05, 3.63) is 35.4 Å². The Kier molecular flexibility index (Phi) is 5.41. The highest BCUT2D eigenvalue weighted by Gasteiger charge is 2.16. The van der Waals surface area contributed by atoms with Crippen molar-refractivity contribution in [1.82, 2.24) is 0 Å². The van der Waals surface area contributed by atoms with Gasteiger partial charge in [-0.1, -0.05) is 13.3 Å². The number of halogens is 2. The lowest BCUT2D eigenvalue weighted by Crippen LogP contribution is -2.16. The molecule has 1 aromatic carbocycles. The number of hydrogen-bond acceptors (Lipinski definition) is 2. The molecule has 0 aliphatic carbocycles. The van der Waals surface area contributed by atoms with Crippen LogP contribution in [-0.4, -0.2) is 11.8 Å². The Morgan fingerprint density at radius 2 is 1.72 bits per heavy atom. The molecule has 2 N–H and O–H groups in total. The second kappa shape index (κ2) is 6.59. The highest BCUT2D eigenvalue weighted by atomic mass is 19.1. The van der Waals surface area contributed by atoms with Gasteiger partial charge >= 0.3 is 0 Å². The first kappa shape index (κ1) is 14.8. The van der Waals surface area contributed by atoms with Crippen molar-refractivity contribution < 1.29 is 13.6 Å². The van der Waals surface area contributed by atoms with Gasteiger partial charge in [-0.05, 0) is 31.9 Å². The van der Waals surface area contributed by atoms with E-state index in [0.29, 0.717) is 6.42 Å². The van der Waals surface area contributed by atoms with Gasteiger partial charge in [0.15, 0.2) is 5.78 Å². The van der Waals surface area contributed by atoms with E-state index in [1.807, 2.05) is 6.92 Å². The summed E-state index contributed by atoms with van der Waals surface area (Å²) in [7, 11) is 0. The van der Waals surface area contributed by atoms with Crippen molar-refractivity contribution in [2.24, 2.45) is 11.7 Å². The van der Waals surface area contributed by atoms with E-state index in [1.165, 1.54) is 0 Å². The van der Waals surface area contributed by atoms with Crippen LogP contribution in [0.5, 0.6) is 0 Å². The summed E-state index contributed by atoms with van der Waals surface area (Å²) in [5, 5.41) is 0. The maximum Gasteiger partial charge on any atom is 0.165 e. The van der Waals surface area contributed by atoms with Gasteiger partial charge in [0.05, 0.1) is 0 Å². The molecule has 0 bridgehead atoms. The lowest BCUT2D eigenvalue weighted by Gasteiger charge is -2.11. The van der Waals surface area contributed by atoms with Crippen LogP contribution in [0.1, 0.15) is 43.5 Å². The molecule has 0 amide bonds. The Labute approximate surface area is 106 Å². The van der Waals surface area contributed by atoms with Crippen LogP contribution in [-0.2, 0) is 0 Å². The van der Waals surface area contributed by atoms with Crippen LogP contribution in [0.25, 0.3) is 0 Å². The molecular weight excluding hydrogens is 236 g/mol.